The summed E-state index contributed by atoms with van der Waals surface area (Å²) in [5, 5.41) is 11.9. The molecule has 0 aliphatic carbocycles. The number of amides is 1. The quantitative estimate of drug-likeness (QED) is 0.0376. The van der Waals surface area contributed by atoms with Crippen molar-refractivity contribution in [2.75, 3.05) is 6.54 Å². The molecule has 0 aliphatic rings. The standard InChI is InChI=1S/C38H70N2O5/c1-3-5-7-8-9-10-11-12-13-14-15-16-17-18-19-20-21-26-32-37(42)45-34(28-23-6-4-2)29-24-22-25-31-36(41)40-35(38(43)44)30-27-33-39/h10-11,13-14,34-35H,3-9,12,15-33,39H2,1-2H3,(H,40,41)(H,43,44)/b11-10-,14-13-. The molecule has 0 rings (SSSR count). The van der Waals surface area contributed by atoms with Gasteiger partial charge in [-0.2, -0.15) is 0 Å². The van der Waals surface area contributed by atoms with Gasteiger partial charge in [0.05, 0.1) is 0 Å². The van der Waals surface area contributed by atoms with Crippen molar-refractivity contribution in [3.8, 4) is 0 Å². The first-order valence-electron chi connectivity index (χ1n) is 18.7. The summed E-state index contributed by atoms with van der Waals surface area (Å²) in [5.41, 5.74) is 5.46. The second-order valence-electron chi connectivity index (χ2n) is 12.6. The molecule has 0 radical (unpaired) electrons. The molecule has 0 heterocycles. The Balaban J connectivity index is 3.96. The van der Waals surface area contributed by atoms with Crippen LogP contribution in [-0.2, 0) is 19.1 Å². The van der Waals surface area contributed by atoms with E-state index in [4.69, 9.17) is 10.5 Å². The normalized spacial score (nSPS) is 13.0. The van der Waals surface area contributed by atoms with Crippen molar-refractivity contribution < 1.29 is 24.2 Å². The summed E-state index contributed by atoms with van der Waals surface area (Å²) in [5.74, 6) is -1.33. The number of esters is 1. The molecule has 0 fully saturated rings. The molecule has 0 bridgehead atoms. The van der Waals surface area contributed by atoms with E-state index in [9.17, 15) is 19.5 Å². The van der Waals surface area contributed by atoms with Gasteiger partial charge in [-0.1, -0.05) is 109 Å². The summed E-state index contributed by atoms with van der Waals surface area (Å²) in [6.45, 7) is 4.83. The van der Waals surface area contributed by atoms with Gasteiger partial charge in [0.1, 0.15) is 12.1 Å². The van der Waals surface area contributed by atoms with Gasteiger partial charge in [-0.25, -0.2) is 4.79 Å². The predicted octanol–water partition coefficient (Wildman–Crippen LogP) is 9.72. The van der Waals surface area contributed by atoms with Crippen LogP contribution in [0.5, 0.6) is 0 Å². The maximum absolute atomic E-state index is 12.5. The number of ether oxygens (including phenoxy) is 1. The maximum atomic E-state index is 12.5. The SMILES string of the molecule is CCCCCC/C=C\C/C=C\CCCCCCCCCC(=O)OC(CCCCC)CCCCCC(=O)NC(CCCN)C(=O)O. The molecular weight excluding hydrogens is 564 g/mol. The smallest absolute Gasteiger partial charge is 0.326 e. The van der Waals surface area contributed by atoms with E-state index in [1.54, 1.807) is 0 Å². The summed E-state index contributed by atoms with van der Waals surface area (Å²) in [4.78, 5) is 36.0. The molecule has 1 amide bonds. The van der Waals surface area contributed by atoms with Crippen LogP contribution in [0, 0.1) is 0 Å². The van der Waals surface area contributed by atoms with Gasteiger partial charge in [-0.3, -0.25) is 9.59 Å². The third-order valence-electron chi connectivity index (χ3n) is 8.27. The predicted molar refractivity (Wildman–Crippen MR) is 188 cm³/mol. The Hall–Kier alpha value is -2.15. The Morgan fingerprint density at radius 3 is 1.76 bits per heavy atom. The number of rotatable bonds is 33. The molecule has 0 aromatic carbocycles. The summed E-state index contributed by atoms with van der Waals surface area (Å²) < 4.78 is 5.87. The highest BCUT2D eigenvalue weighted by Gasteiger charge is 2.19. The number of nitrogens with two attached hydrogens (primary N) is 1. The van der Waals surface area contributed by atoms with E-state index in [0.717, 1.165) is 64.2 Å². The maximum Gasteiger partial charge on any atom is 0.326 e. The number of allylic oxidation sites excluding steroid dienone is 4. The molecule has 7 nitrogen and oxygen atoms in total. The number of carboxylic acids is 1. The number of unbranched alkanes of at least 4 members (excludes halogenated alkanes) is 15. The molecule has 0 aliphatic heterocycles. The van der Waals surface area contributed by atoms with Crippen LogP contribution in [0.25, 0.3) is 0 Å². The van der Waals surface area contributed by atoms with Crippen molar-refractivity contribution in [2.24, 2.45) is 5.73 Å². The number of carbonyl (C=O) groups excluding carboxylic acids is 2. The van der Waals surface area contributed by atoms with Crippen LogP contribution in [0.15, 0.2) is 24.3 Å². The third-order valence-corrected chi connectivity index (χ3v) is 8.27. The molecule has 2 atom stereocenters. The van der Waals surface area contributed by atoms with Crippen molar-refractivity contribution in [1.82, 2.24) is 5.32 Å². The highest BCUT2D eigenvalue weighted by Crippen LogP contribution is 2.17. The second-order valence-corrected chi connectivity index (χ2v) is 12.6. The van der Waals surface area contributed by atoms with E-state index in [2.05, 4.69) is 43.5 Å². The summed E-state index contributed by atoms with van der Waals surface area (Å²) in [7, 11) is 0. The monoisotopic (exact) mass is 635 g/mol. The van der Waals surface area contributed by atoms with Gasteiger partial charge < -0.3 is 20.9 Å². The zero-order valence-corrected chi connectivity index (χ0v) is 29.2. The zero-order chi connectivity index (χ0) is 33.2. The Kier molecular flexibility index (Phi) is 31.6. The highest BCUT2D eigenvalue weighted by molar-refractivity contribution is 5.83. The summed E-state index contributed by atoms with van der Waals surface area (Å²) in [6.07, 6.45) is 35.4. The molecule has 0 saturated carbocycles. The lowest BCUT2D eigenvalue weighted by molar-refractivity contribution is -0.150. The van der Waals surface area contributed by atoms with E-state index in [1.807, 2.05) is 0 Å². The van der Waals surface area contributed by atoms with Crippen LogP contribution in [-0.4, -0.2) is 41.6 Å². The van der Waals surface area contributed by atoms with E-state index >= 15 is 0 Å². The van der Waals surface area contributed by atoms with Crippen molar-refractivity contribution in [2.45, 2.75) is 193 Å². The van der Waals surface area contributed by atoms with Gasteiger partial charge in [0.25, 0.3) is 0 Å². The van der Waals surface area contributed by atoms with Crippen LogP contribution in [0.3, 0.4) is 0 Å². The van der Waals surface area contributed by atoms with Crippen LogP contribution in [0.1, 0.15) is 181 Å². The number of hydrogen-bond donors (Lipinski definition) is 3. The molecule has 0 aromatic heterocycles. The van der Waals surface area contributed by atoms with E-state index in [0.29, 0.717) is 38.6 Å². The second kappa shape index (κ2) is 33.2. The molecule has 2 unspecified atom stereocenters. The minimum atomic E-state index is -1.02. The largest absolute Gasteiger partial charge is 0.480 e. The first-order chi connectivity index (χ1) is 21.9. The van der Waals surface area contributed by atoms with Gasteiger partial charge in [0.15, 0.2) is 0 Å². The Morgan fingerprint density at radius 1 is 0.644 bits per heavy atom. The molecule has 0 spiro atoms. The van der Waals surface area contributed by atoms with E-state index < -0.39 is 12.0 Å². The van der Waals surface area contributed by atoms with Gasteiger partial charge in [-0.05, 0) is 90.0 Å². The number of aliphatic carboxylic acids is 1. The fourth-order valence-corrected chi connectivity index (χ4v) is 5.42. The van der Waals surface area contributed by atoms with Crippen LogP contribution in [0.4, 0.5) is 0 Å². The molecule has 0 aromatic rings. The van der Waals surface area contributed by atoms with Crippen molar-refractivity contribution in [3.63, 3.8) is 0 Å². The lowest BCUT2D eigenvalue weighted by Gasteiger charge is -2.18. The lowest BCUT2D eigenvalue weighted by atomic mass is 10.0. The number of carbonyl (C=O) groups is 3. The fraction of sp³-hybridized carbons (Fsp3) is 0.816. The summed E-state index contributed by atoms with van der Waals surface area (Å²) >= 11 is 0. The minimum Gasteiger partial charge on any atom is -0.480 e. The number of carboxylic acid groups (broad SMARTS) is 1. The van der Waals surface area contributed by atoms with Gasteiger partial charge >= 0.3 is 11.9 Å². The first kappa shape index (κ1) is 42.9. The Bertz CT molecular complexity index is 767. The van der Waals surface area contributed by atoms with Crippen LogP contribution >= 0.6 is 0 Å². The van der Waals surface area contributed by atoms with Gasteiger partial charge in [0.2, 0.25) is 5.91 Å². The molecule has 45 heavy (non-hydrogen) atoms. The average Bonchev–Trinajstić information content (AvgIpc) is 3.02. The average molecular weight is 635 g/mol. The molecule has 4 N–H and O–H groups in total. The van der Waals surface area contributed by atoms with Crippen molar-refractivity contribution in [1.29, 1.82) is 0 Å². The van der Waals surface area contributed by atoms with Crippen molar-refractivity contribution >= 4 is 17.8 Å². The van der Waals surface area contributed by atoms with Crippen molar-refractivity contribution in [3.05, 3.63) is 24.3 Å². The Labute approximate surface area is 276 Å². The third kappa shape index (κ3) is 30.3. The molecule has 262 valence electrons. The van der Waals surface area contributed by atoms with Crippen LogP contribution in [0.2, 0.25) is 0 Å². The van der Waals surface area contributed by atoms with E-state index in [1.165, 1.54) is 70.6 Å². The van der Waals surface area contributed by atoms with E-state index in [-0.39, 0.29) is 18.0 Å². The molecule has 0 saturated heterocycles. The number of hydrogen-bond acceptors (Lipinski definition) is 5. The molecule has 7 heteroatoms. The summed E-state index contributed by atoms with van der Waals surface area (Å²) in [6, 6.07) is -0.872. The fourth-order valence-electron chi connectivity index (χ4n) is 5.42. The number of nitrogens with one attached hydrogen (secondary N) is 1. The van der Waals surface area contributed by atoms with Gasteiger partial charge in [-0.15, -0.1) is 0 Å². The topological polar surface area (TPSA) is 119 Å². The Morgan fingerprint density at radius 2 is 1.16 bits per heavy atom. The molecular formula is C38H70N2O5. The zero-order valence-electron chi connectivity index (χ0n) is 29.2. The minimum absolute atomic E-state index is 0.0499. The highest BCUT2D eigenvalue weighted by atomic mass is 16.5. The lowest BCUT2D eigenvalue weighted by Crippen LogP contribution is -2.40. The first-order valence-corrected chi connectivity index (χ1v) is 18.7. The van der Waals surface area contributed by atoms with Crippen LogP contribution < -0.4 is 11.1 Å². The van der Waals surface area contributed by atoms with Gasteiger partial charge in [0, 0.05) is 12.8 Å².